The first-order valence-corrected chi connectivity index (χ1v) is 7.44. The minimum Gasteiger partial charge on any atom is -0.494 e. The van der Waals surface area contributed by atoms with E-state index in [-0.39, 0.29) is 0 Å². The molecular weight excluding hydrogens is 262 g/mol. The molecule has 112 valence electrons. The summed E-state index contributed by atoms with van der Waals surface area (Å²) < 4.78 is 5.60. The van der Waals surface area contributed by atoms with Crippen LogP contribution >= 0.6 is 0 Å². The largest absolute Gasteiger partial charge is 0.494 e. The number of aromatic nitrogens is 2. The van der Waals surface area contributed by atoms with Crippen LogP contribution in [-0.2, 0) is 0 Å². The van der Waals surface area contributed by atoms with Crippen LogP contribution in [0.3, 0.4) is 0 Å². The molecule has 0 atom stereocenters. The first kappa shape index (κ1) is 15.3. The highest BCUT2D eigenvalue weighted by Gasteiger charge is 2.09. The molecule has 0 unspecified atom stereocenters. The zero-order valence-electron chi connectivity index (χ0n) is 13.2. The van der Waals surface area contributed by atoms with Crippen molar-refractivity contribution in [3.05, 3.63) is 36.0 Å². The Bertz CT molecular complexity index is 579. The molecule has 0 aliphatic carbocycles. The summed E-state index contributed by atoms with van der Waals surface area (Å²) in [7, 11) is 1.87. The molecule has 0 amide bonds. The van der Waals surface area contributed by atoms with E-state index in [1.54, 1.807) is 0 Å². The highest BCUT2D eigenvalue weighted by atomic mass is 16.5. The van der Waals surface area contributed by atoms with Gasteiger partial charge in [-0.25, -0.2) is 9.97 Å². The number of benzene rings is 1. The van der Waals surface area contributed by atoms with Crippen LogP contribution in [-0.4, -0.2) is 23.6 Å². The van der Waals surface area contributed by atoms with Crippen LogP contribution in [0.15, 0.2) is 30.3 Å². The van der Waals surface area contributed by atoms with Crippen LogP contribution in [0.5, 0.6) is 5.75 Å². The average molecular weight is 285 g/mol. The van der Waals surface area contributed by atoms with Crippen LogP contribution in [0.1, 0.15) is 38.8 Å². The number of hydrogen-bond donors (Lipinski definition) is 1. The summed E-state index contributed by atoms with van der Waals surface area (Å²) in [6, 6.07) is 9.94. The van der Waals surface area contributed by atoms with Gasteiger partial charge in [0.15, 0.2) is 5.82 Å². The van der Waals surface area contributed by atoms with Gasteiger partial charge in [-0.05, 0) is 36.6 Å². The predicted octanol–water partition coefficient (Wildman–Crippen LogP) is 4.10. The Labute approximate surface area is 126 Å². The van der Waals surface area contributed by atoms with Crippen molar-refractivity contribution in [2.24, 2.45) is 0 Å². The third-order valence-corrected chi connectivity index (χ3v) is 3.18. The molecule has 2 aromatic rings. The lowest BCUT2D eigenvalue weighted by atomic mass is 10.1. The number of rotatable bonds is 6. The first-order valence-electron chi connectivity index (χ1n) is 7.44. The maximum absolute atomic E-state index is 5.60. The van der Waals surface area contributed by atoms with Gasteiger partial charge in [-0.3, -0.25) is 0 Å². The number of anilines is 1. The lowest BCUT2D eigenvalue weighted by Crippen LogP contribution is -2.02. The van der Waals surface area contributed by atoms with E-state index < -0.39 is 0 Å². The predicted molar refractivity (Wildman–Crippen MR) is 86.9 cm³/mol. The maximum atomic E-state index is 5.60. The van der Waals surface area contributed by atoms with Crippen LogP contribution in [0.4, 0.5) is 5.82 Å². The van der Waals surface area contributed by atoms with Crippen molar-refractivity contribution >= 4 is 5.82 Å². The summed E-state index contributed by atoms with van der Waals surface area (Å²) in [6.07, 6.45) is 1.01. The molecule has 4 nitrogen and oxygen atoms in total. The molecule has 1 aromatic heterocycles. The van der Waals surface area contributed by atoms with Gasteiger partial charge in [0.05, 0.1) is 6.61 Å². The maximum Gasteiger partial charge on any atom is 0.161 e. The van der Waals surface area contributed by atoms with E-state index >= 15 is 0 Å². The Kier molecular flexibility index (Phi) is 5.14. The Morgan fingerprint density at radius 1 is 1.14 bits per heavy atom. The summed E-state index contributed by atoms with van der Waals surface area (Å²) in [5, 5.41) is 3.10. The molecule has 0 fully saturated rings. The van der Waals surface area contributed by atoms with Crippen LogP contribution < -0.4 is 10.1 Å². The number of nitrogens with one attached hydrogen (secondary N) is 1. The molecule has 0 spiro atoms. The van der Waals surface area contributed by atoms with Gasteiger partial charge in [-0.2, -0.15) is 0 Å². The van der Waals surface area contributed by atoms with Gasteiger partial charge < -0.3 is 10.1 Å². The third kappa shape index (κ3) is 3.94. The lowest BCUT2D eigenvalue weighted by Gasteiger charge is -2.10. The quantitative estimate of drug-likeness (QED) is 0.868. The molecule has 21 heavy (non-hydrogen) atoms. The van der Waals surface area contributed by atoms with Crippen molar-refractivity contribution in [2.45, 2.75) is 33.1 Å². The smallest absolute Gasteiger partial charge is 0.161 e. The number of ether oxygens (including phenoxy) is 1. The van der Waals surface area contributed by atoms with Gasteiger partial charge in [0, 0.05) is 24.4 Å². The van der Waals surface area contributed by atoms with E-state index in [0.717, 1.165) is 41.7 Å². The first-order chi connectivity index (χ1) is 10.1. The molecular formula is C17H23N3O. The van der Waals surface area contributed by atoms with Crippen LogP contribution in [0.25, 0.3) is 11.4 Å². The van der Waals surface area contributed by atoms with Crippen molar-refractivity contribution in [3.8, 4) is 17.1 Å². The Morgan fingerprint density at radius 3 is 2.43 bits per heavy atom. The lowest BCUT2D eigenvalue weighted by molar-refractivity contribution is 0.317. The molecule has 1 aromatic carbocycles. The molecule has 1 heterocycles. The summed E-state index contributed by atoms with van der Waals surface area (Å²) in [4.78, 5) is 9.18. The monoisotopic (exact) mass is 285 g/mol. The van der Waals surface area contributed by atoms with Crippen LogP contribution in [0, 0.1) is 0 Å². The van der Waals surface area contributed by atoms with Crippen molar-refractivity contribution in [1.29, 1.82) is 0 Å². The van der Waals surface area contributed by atoms with E-state index in [2.05, 4.69) is 36.1 Å². The van der Waals surface area contributed by atoms with E-state index in [9.17, 15) is 0 Å². The Hall–Kier alpha value is -2.10. The minimum absolute atomic E-state index is 0.367. The van der Waals surface area contributed by atoms with Crippen molar-refractivity contribution in [1.82, 2.24) is 9.97 Å². The molecule has 0 aliphatic heterocycles. The van der Waals surface area contributed by atoms with Gasteiger partial charge in [0.25, 0.3) is 0 Å². The average Bonchev–Trinajstić information content (AvgIpc) is 2.52. The van der Waals surface area contributed by atoms with Gasteiger partial charge in [0.1, 0.15) is 11.6 Å². The minimum atomic E-state index is 0.367. The molecule has 0 saturated carbocycles. The normalized spacial score (nSPS) is 10.7. The zero-order valence-corrected chi connectivity index (χ0v) is 13.2. The van der Waals surface area contributed by atoms with Crippen molar-refractivity contribution < 1.29 is 4.74 Å². The standard InChI is InChI=1S/C17H23N3O/c1-5-10-21-14-8-6-13(7-9-14)17-19-15(12(2)3)11-16(18-4)20-17/h6-9,11-12H,5,10H2,1-4H3,(H,18,19,20). The van der Waals surface area contributed by atoms with Crippen molar-refractivity contribution in [2.75, 3.05) is 19.0 Å². The summed E-state index contributed by atoms with van der Waals surface area (Å²) in [5.41, 5.74) is 2.04. The fraction of sp³-hybridized carbons (Fsp3) is 0.412. The molecule has 4 heteroatoms. The van der Waals surface area contributed by atoms with Crippen LogP contribution in [0.2, 0.25) is 0 Å². The Balaban J connectivity index is 2.30. The molecule has 1 N–H and O–H groups in total. The third-order valence-electron chi connectivity index (χ3n) is 3.18. The second kappa shape index (κ2) is 7.07. The van der Waals surface area contributed by atoms with E-state index in [4.69, 9.17) is 4.74 Å². The molecule has 2 rings (SSSR count). The summed E-state index contributed by atoms with van der Waals surface area (Å²) in [6.45, 7) is 7.10. The molecule has 0 saturated heterocycles. The fourth-order valence-corrected chi connectivity index (χ4v) is 1.94. The summed E-state index contributed by atoms with van der Waals surface area (Å²) in [5.74, 6) is 2.84. The van der Waals surface area contributed by atoms with Gasteiger partial charge >= 0.3 is 0 Å². The van der Waals surface area contributed by atoms with Gasteiger partial charge in [-0.1, -0.05) is 20.8 Å². The Morgan fingerprint density at radius 2 is 1.86 bits per heavy atom. The molecule has 0 bridgehead atoms. The number of nitrogens with zero attached hydrogens (tertiary/aromatic N) is 2. The van der Waals surface area contributed by atoms with E-state index in [1.165, 1.54) is 0 Å². The highest BCUT2D eigenvalue weighted by Crippen LogP contribution is 2.23. The second-order valence-corrected chi connectivity index (χ2v) is 5.28. The van der Waals surface area contributed by atoms with E-state index in [1.807, 2.05) is 37.4 Å². The van der Waals surface area contributed by atoms with Crippen molar-refractivity contribution in [3.63, 3.8) is 0 Å². The molecule has 0 aliphatic rings. The second-order valence-electron chi connectivity index (χ2n) is 5.28. The highest BCUT2D eigenvalue weighted by molar-refractivity contribution is 5.58. The number of hydrogen-bond acceptors (Lipinski definition) is 4. The zero-order chi connectivity index (χ0) is 15.2. The topological polar surface area (TPSA) is 47.0 Å². The fourth-order valence-electron chi connectivity index (χ4n) is 1.94. The molecule has 0 radical (unpaired) electrons. The van der Waals surface area contributed by atoms with Gasteiger partial charge in [-0.15, -0.1) is 0 Å². The van der Waals surface area contributed by atoms with Gasteiger partial charge in [0.2, 0.25) is 0 Å². The van der Waals surface area contributed by atoms with E-state index in [0.29, 0.717) is 5.92 Å². The SMILES string of the molecule is CCCOc1ccc(-c2nc(NC)cc(C(C)C)n2)cc1. The summed E-state index contributed by atoms with van der Waals surface area (Å²) >= 11 is 0.